The van der Waals surface area contributed by atoms with Crippen LogP contribution in [0.25, 0.3) is 21.9 Å². The van der Waals surface area contributed by atoms with E-state index in [9.17, 15) is 14.4 Å². The molecule has 3 aromatic carbocycles. The zero-order valence-corrected chi connectivity index (χ0v) is 21.5. The molecule has 1 aromatic heterocycles. The lowest BCUT2D eigenvalue weighted by Crippen LogP contribution is -2.11. The topological polar surface area (TPSA) is 107 Å². The van der Waals surface area contributed by atoms with Crippen molar-refractivity contribution in [1.29, 1.82) is 0 Å². The van der Waals surface area contributed by atoms with E-state index < -0.39 is 17.4 Å². The highest BCUT2D eigenvalue weighted by molar-refractivity contribution is 6.42. The smallest absolute Gasteiger partial charge is 0.308 e. The fourth-order valence-electron chi connectivity index (χ4n) is 3.34. The van der Waals surface area contributed by atoms with Crippen LogP contribution in [0.4, 0.5) is 5.69 Å². The van der Waals surface area contributed by atoms with Crippen LogP contribution in [0.5, 0.6) is 11.5 Å². The van der Waals surface area contributed by atoms with E-state index in [1.165, 1.54) is 12.3 Å². The Labute approximate surface area is 223 Å². The van der Waals surface area contributed by atoms with Gasteiger partial charge in [0, 0.05) is 24.4 Å². The fourth-order valence-corrected chi connectivity index (χ4v) is 4.25. The van der Waals surface area contributed by atoms with E-state index in [1.807, 2.05) is 0 Å². The molecule has 0 bridgehead atoms. The number of hydrogen-bond acceptors (Lipinski definition) is 8. The average molecular weight is 568 g/mol. The van der Waals surface area contributed by atoms with E-state index >= 15 is 0 Å². The third kappa shape index (κ3) is 4.99. The van der Waals surface area contributed by atoms with Crippen LogP contribution in [-0.2, 0) is 9.59 Å². The van der Waals surface area contributed by atoms with Crippen LogP contribution in [0, 0.1) is 0 Å². The highest BCUT2D eigenvalue weighted by Crippen LogP contribution is 2.47. The van der Waals surface area contributed by atoms with E-state index in [-0.39, 0.29) is 43.5 Å². The molecule has 0 spiro atoms. The third-order valence-corrected chi connectivity index (χ3v) is 6.03. The molecule has 4 aromatic rings. The maximum absolute atomic E-state index is 13.5. The number of rotatable bonds is 5. The van der Waals surface area contributed by atoms with Gasteiger partial charge in [0.2, 0.25) is 5.43 Å². The molecular weight excluding hydrogens is 554 g/mol. The minimum Gasteiger partial charge on any atom is -0.453 e. The maximum atomic E-state index is 13.5. The van der Waals surface area contributed by atoms with Gasteiger partial charge in [-0.3, -0.25) is 19.8 Å². The second-order valence-electron chi connectivity index (χ2n) is 7.33. The Morgan fingerprint density at radius 2 is 1.64 bits per heavy atom. The molecule has 8 nitrogen and oxygen atoms in total. The minimum absolute atomic E-state index is 0.115. The highest BCUT2D eigenvalue weighted by Gasteiger charge is 2.27. The Kier molecular flexibility index (Phi) is 7.42. The SMILES string of the molecule is CC(=O)Oc1c(Cl)c(OC(C)=O)c2c(=O)c3cccc(/C=N\Nc4cc(Cl)ccc4Cl)c3oc2c1Cl. The lowest BCUT2D eigenvalue weighted by Gasteiger charge is -2.14. The Hall–Kier alpha value is -3.30. The van der Waals surface area contributed by atoms with E-state index in [0.29, 0.717) is 21.3 Å². The Bertz CT molecular complexity index is 1650. The second kappa shape index (κ2) is 10.4. The van der Waals surface area contributed by atoms with E-state index in [2.05, 4.69) is 10.5 Å². The van der Waals surface area contributed by atoms with Crippen molar-refractivity contribution in [3.63, 3.8) is 0 Å². The molecular formula is C24H14Cl4N2O6. The molecule has 4 rings (SSSR count). The van der Waals surface area contributed by atoms with Gasteiger partial charge < -0.3 is 13.9 Å². The highest BCUT2D eigenvalue weighted by atomic mass is 35.5. The molecule has 1 N–H and O–H groups in total. The van der Waals surface area contributed by atoms with Crippen LogP contribution in [0.2, 0.25) is 20.1 Å². The Balaban J connectivity index is 1.94. The number of hydrogen-bond donors (Lipinski definition) is 1. The molecule has 12 heteroatoms. The number of carbonyl (C=O) groups is 2. The van der Waals surface area contributed by atoms with Crippen molar-refractivity contribution in [2.45, 2.75) is 13.8 Å². The average Bonchev–Trinajstić information content (AvgIpc) is 2.82. The van der Waals surface area contributed by atoms with Gasteiger partial charge in [0.1, 0.15) is 21.0 Å². The summed E-state index contributed by atoms with van der Waals surface area (Å²) in [4.78, 5) is 36.8. The summed E-state index contributed by atoms with van der Waals surface area (Å²) in [6.45, 7) is 2.26. The largest absolute Gasteiger partial charge is 0.453 e. The van der Waals surface area contributed by atoms with Gasteiger partial charge in [-0.25, -0.2) is 0 Å². The zero-order chi connectivity index (χ0) is 26.1. The number of nitrogens with zero attached hydrogens (tertiary/aromatic N) is 1. The number of ether oxygens (including phenoxy) is 2. The molecule has 0 saturated carbocycles. The normalized spacial score (nSPS) is 11.3. The summed E-state index contributed by atoms with van der Waals surface area (Å²) >= 11 is 24.9. The third-order valence-electron chi connectivity index (χ3n) is 4.78. The molecule has 0 aliphatic heterocycles. The summed E-state index contributed by atoms with van der Waals surface area (Å²) in [5, 5.41) is 4.36. The molecule has 0 unspecified atom stereocenters. The van der Waals surface area contributed by atoms with Crippen molar-refractivity contribution in [3.8, 4) is 11.5 Å². The Morgan fingerprint density at radius 1 is 0.944 bits per heavy atom. The van der Waals surface area contributed by atoms with Gasteiger partial charge in [0.25, 0.3) is 0 Å². The maximum Gasteiger partial charge on any atom is 0.308 e. The molecule has 0 aliphatic carbocycles. The summed E-state index contributed by atoms with van der Waals surface area (Å²) in [6, 6.07) is 9.60. The molecule has 0 saturated heterocycles. The van der Waals surface area contributed by atoms with Gasteiger partial charge >= 0.3 is 11.9 Å². The number of hydrazone groups is 1. The summed E-state index contributed by atoms with van der Waals surface area (Å²) in [7, 11) is 0. The molecule has 1 heterocycles. The predicted molar refractivity (Wildman–Crippen MR) is 140 cm³/mol. The predicted octanol–water partition coefficient (Wildman–Crippen LogP) is 6.86. The zero-order valence-electron chi connectivity index (χ0n) is 18.5. The molecule has 184 valence electrons. The van der Waals surface area contributed by atoms with Gasteiger partial charge in [-0.2, -0.15) is 5.10 Å². The molecule has 0 aliphatic rings. The Morgan fingerprint density at radius 3 is 2.33 bits per heavy atom. The fraction of sp³-hybridized carbons (Fsp3) is 0.0833. The first-order valence-corrected chi connectivity index (χ1v) is 11.6. The van der Waals surface area contributed by atoms with Crippen LogP contribution < -0.4 is 20.3 Å². The standard InChI is InChI=1S/C24H14Cl4N2O6/c1-10(31)34-22-17-20(33)14-5-3-4-12(9-29-30-16-8-13(25)6-7-15(16)26)21(14)36-23(17)19(28)24(18(22)27)35-11(2)32/h3-9,30H,1-2H3/b29-9-. The van der Waals surface area contributed by atoms with Crippen molar-refractivity contribution in [3.05, 3.63) is 72.3 Å². The molecule has 36 heavy (non-hydrogen) atoms. The van der Waals surface area contributed by atoms with Crippen molar-refractivity contribution in [2.24, 2.45) is 5.10 Å². The summed E-state index contributed by atoms with van der Waals surface area (Å²) < 4.78 is 16.3. The monoisotopic (exact) mass is 566 g/mol. The van der Waals surface area contributed by atoms with Gasteiger partial charge in [-0.15, -0.1) is 0 Å². The van der Waals surface area contributed by atoms with E-state index in [4.69, 9.17) is 60.3 Å². The number of fused-ring (bicyclic) bond motifs is 2. The number of esters is 2. The summed E-state index contributed by atoms with van der Waals surface area (Å²) in [5.41, 5.74) is 2.97. The number of anilines is 1. The molecule has 0 atom stereocenters. The number of halogens is 4. The van der Waals surface area contributed by atoms with Crippen LogP contribution in [0.1, 0.15) is 19.4 Å². The number of nitrogens with one attached hydrogen (secondary N) is 1. The van der Waals surface area contributed by atoms with Crippen LogP contribution >= 0.6 is 46.4 Å². The molecule has 0 radical (unpaired) electrons. The second-order valence-corrected chi connectivity index (χ2v) is 8.93. The molecule has 0 amide bonds. The van der Waals surface area contributed by atoms with Gasteiger partial charge in [-0.1, -0.05) is 52.5 Å². The van der Waals surface area contributed by atoms with Crippen molar-refractivity contribution < 1.29 is 23.5 Å². The van der Waals surface area contributed by atoms with Gasteiger partial charge in [0.05, 0.1) is 22.3 Å². The lowest BCUT2D eigenvalue weighted by atomic mass is 10.1. The van der Waals surface area contributed by atoms with Crippen molar-refractivity contribution >= 4 is 92.2 Å². The van der Waals surface area contributed by atoms with E-state index in [0.717, 1.165) is 13.8 Å². The van der Waals surface area contributed by atoms with Crippen LogP contribution in [0.15, 0.2) is 50.7 Å². The molecule has 0 fully saturated rings. The lowest BCUT2D eigenvalue weighted by molar-refractivity contribution is -0.132. The minimum atomic E-state index is -0.763. The van der Waals surface area contributed by atoms with E-state index in [1.54, 1.807) is 30.3 Å². The first-order chi connectivity index (χ1) is 17.1. The number of benzene rings is 3. The first-order valence-electron chi connectivity index (χ1n) is 10.1. The van der Waals surface area contributed by atoms with Crippen LogP contribution in [-0.4, -0.2) is 18.2 Å². The quantitative estimate of drug-likeness (QED) is 0.0922. The van der Waals surface area contributed by atoms with Gasteiger partial charge in [0.15, 0.2) is 17.1 Å². The number of para-hydroxylation sites is 1. The number of carbonyl (C=O) groups excluding carboxylic acids is 2. The van der Waals surface area contributed by atoms with Crippen molar-refractivity contribution in [1.82, 2.24) is 0 Å². The van der Waals surface area contributed by atoms with Gasteiger partial charge in [-0.05, 0) is 30.3 Å². The van der Waals surface area contributed by atoms with Crippen LogP contribution in [0.3, 0.4) is 0 Å². The summed E-state index contributed by atoms with van der Waals surface area (Å²) in [6.07, 6.45) is 1.40. The summed E-state index contributed by atoms with van der Waals surface area (Å²) in [5.74, 6) is -2.17. The first kappa shape index (κ1) is 25.8. The van der Waals surface area contributed by atoms with Crippen molar-refractivity contribution in [2.75, 3.05) is 5.43 Å².